The minimum Gasteiger partial charge on any atom is -0.476 e. The van der Waals surface area contributed by atoms with E-state index in [1.54, 1.807) is 25.1 Å². The molecule has 2 aromatic heterocycles. The predicted octanol–water partition coefficient (Wildman–Crippen LogP) is 2.78. The van der Waals surface area contributed by atoms with Gasteiger partial charge in [-0.05, 0) is 26.0 Å². The largest absolute Gasteiger partial charge is 0.476 e. The molecule has 0 amide bonds. The molecule has 0 atom stereocenters. The average molecular weight is 312 g/mol. The molecule has 6 nitrogen and oxygen atoms in total. The van der Waals surface area contributed by atoms with Crippen LogP contribution >= 0.6 is 0 Å². The monoisotopic (exact) mass is 312 g/mol. The van der Waals surface area contributed by atoms with Gasteiger partial charge in [-0.3, -0.25) is 4.57 Å². The minimum atomic E-state index is -1.12. The van der Waals surface area contributed by atoms with E-state index in [0.29, 0.717) is 11.5 Å². The Kier molecular flexibility index (Phi) is 3.61. The van der Waals surface area contributed by atoms with E-state index in [0.717, 1.165) is 5.56 Å². The summed E-state index contributed by atoms with van der Waals surface area (Å²) in [6.45, 7) is 3.61. The molecule has 0 fully saturated rings. The molecular weight excluding hydrogens is 299 g/mol. The first-order valence-corrected chi connectivity index (χ1v) is 6.85. The van der Waals surface area contributed by atoms with Crippen LogP contribution in [0.4, 0.5) is 4.39 Å². The van der Waals surface area contributed by atoms with Crippen molar-refractivity contribution < 1.29 is 14.3 Å². The summed E-state index contributed by atoms with van der Waals surface area (Å²) in [6, 6.07) is 6.24. The highest BCUT2D eigenvalue weighted by Gasteiger charge is 2.15. The van der Waals surface area contributed by atoms with E-state index in [4.69, 9.17) is 5.11 Å². The molecule has 23 heavy (non-hydrogen) atoms. The summed E-state index contributed by atoms with van der Waals surface area (Å²) in [5, 5.41) is 8.98. The topological polar surface area (TPSA) is 80.9 Å². The van der Waals surface area contributed by atoms with Crippen LogP contribution in [0.1, 0.15) is 21.7 Å². The second-order valence-corrected chi connectivity index (χ2v) is 5.03. The maximum Gasteiger partial charge on any atom is 0.356 e. The molecule has 7 heteroatoms. The maximum atomic E-state index is 14.0. The van der Waals surface area contributed by atoms with Crippen LogP contribution < -0.4 is 0 Å². The quantitative estimate of drug-likeness (QED) is 0.804. The van der Waals surface area contributed by atoms with Gasteiger partial charge in [-0.15, -0.1) is 0 Å². The molecule has 1 N–H and O–H groups in total. The molecule has 0 unspecified atom stereocenters. The second kappa shape index (κ2) is 5.60. The van der Waals surface area contributed by atoms with E-state index in [2.05, 4.69) is 15.0 Å². The summed E-state index contributed by atoms with van der Waals surface area (Å²) in [5.74, 6) is -0.831. The van der Waals surface area contributed by atoms with E-state index in [1.165, 1.54) is 23.2 Å². The van der Waals surface area contributed by atoms with Crippen molar-refractivity contribution in [2.24, 2.45) is 0 Å². The Bertz CT molecular complexity index is 905. The standard InChI is InChI=1S/C16H13FN4O2/c1-9-10(2)19-14(11-5-3-4-6-12(11)17)20-15(9)21-7-13(16(22)23)18-8-21/h3-8H,1-2H3,(H,22,23). The second-order valence-electron chi connectivity index (χ2n) is 5.03. The highest BCUT2D eigenvalue weighted by molar-refractivity contribution is 5.85. The fourth-order valence-corrected chi connectivity index (χ4v) is 2.18. The number of aromatic nitrogens is 4. The van der Waals surface area contributed by atoms with E-state index in [9.17, 15) is 9.18 Å². The number of aryl methyl sites for hydroxylation is 1. The van der Waals surface area contributed by atoms with Gasteiger partial charge < -0.3 is 5.11 Å². The molecule has 1 aromatic carbocycles. The molecule has 116 valence electrons. The molecule has 3 rings (SSSR count). The van der Waals surface area contributed by atoms with Crippen LogP contribution in [0.25, 0.3) is 17.2 Å². The van der Waals surface area contributed by atoms with Crippen molar-refractivity contribution in [3.05, 3.63) is 59.6 Å². The number of carboxylic acids is 1. The van der Waals surface area contributed by atoms with Crippen molar-refractivity contribution >= 4 is 5.97 Å². The van der Waals surface area contributed by atoms with Crippen LogP contribution in [0, 0.1) is 19.7 Å². The van der Waals surface area contributed by atoms with Gasteiger partial charge in [-0.2, -0.15) is 0 Å². The summed E-state index contributed by atoms with van der Waals surface area (Å²) in [5.41, 5.74) is 1.64. The SMILES string of the molecule is Cc1nc(-c2ccccc2F)nc(-n2cnc(C(=O)O)c2)c1C. The lowest BCUT2D eigenvalue weighted by Crippen LogP contribution is -2.05. The normalized spacial score (nSPS) is 10.7. The van der Waals surface area contributed by atoms with Crippen molar-refractivity contribution in [2.45, 2.75) is 13.8 Å². The first-order valence-electron chi connectivity index (χ1n) is 6.85. The van der Waals surface area contributed by atoms with Gasteiger partial charge in [-0.1, -0.05) is 12.1 Å². The smallest absolute Gasteiger partial charge is 0.356 e. The van der Waals surface area contributed by atoms with E-state index in [1.807, 2.05) is 6.92 Å². The van der Waals surface area contributed by atoms with Crippen LogP contribution in [0.15, 0.2) is 36.8 Å². The lowest BCUT2D eigenvalue weighted by atomic mass is 10.1. The molecule has 0 bridgehead atoms. The molecular formula is C16H13FN4O2. The first kappa shape index (κ1) is 14.8. The number of hydrogen-bond acceptors (Lipinski definition) is 4. The van der Waals surface area contributed by atoms with Gasteiger partial charge in [0.1, 0.15) is 18.0 Å². The summed E-state index contributed by atoms with van der Waals surface area (Å²) in [4.78, 5) is 23.5. The van der Waals surface area contributed by atoms with Crippen LogP contribution in [0.5, 0.6) is 0 Å². The predicted molar refractivity (Wildman–Crippen MR) is 81.0 cm³/mol. The van der Waals surface area contributed by atoms with Crippen molar-refractivity contribution in [2.75, 3.05) is 0 Å². The zero-order valence-corrected chi connectivity index (χ0v) is 12.5. The van der Waals surface area contributed by atoms with Gasteiger partial charge in [0.25, 0.3) is 0 Å². The Morgan fingerprint density at radius 2 is 1.96 bits per heavy atom. The third-order valence-electron chi connectivity index (χ3n) is 3.52. The van der Waals surface area contributed by atoms with Crippen molar-refractivity contribution in [1.29, 1.82) is 0 Å². The van der Waals surface area contributed by atoms with Gasteiger partial charge in [0.05, 0.1) is 5.56 Å². The Morgan fingerprint density at radius 1 is 1.22 bits per heavy atom. The third-order valence-corrected chi connectivity index (χ3v) is 3.52. The fraction of sp³-hybridized carbons (Fsp3) is 0.125. The van der Waals surface area contributed by atoms with Gasteiger partial charge in [0, 0.05) is 17.5 Å². The lowest BCUT2D eigenvalue weighted by molar-refractivity contribution is 0.0691. The highest BCUT2D eigenvalue weighted by Crippen LogP contribution is 2.23. The first-order chi connectivity index (χ1) is 11.0. The number of nitrogens with zero attached hydrogens (tertiary/aromatic N) is 4. The van der Waals surface area contributed by atoms with Gasteiger partial charge in [-0.25, -0.2) is 24.1 Å². The maximum absolute atomic E-state index is 14.0. The Hall–Kier alpha value is -3.09. The number of carbonyl (C=O) groups is 1. The molecule has 2 heterocycles. The molecule has 0 aliphatic carbocycles. The Balaban J connectivity index is 2.17. The lowest BCUT2D eigenvalue weighted by Gasteiger charge is -2.11. The summed E-state index contributed by atoms with van der Waals surface area (Å²) in [7, 11) is 0. The Labute approximate surface area is 131 Å². The zero-order valence-electron chi connectivity index (χ0n) is 12.5. The molecule has 3 aromatic rings. The van der Waals surface area contributed by atoms with Gasteiger partial charge in [0.2, 0.25) is 0 Å². The molecule has 0 spiro atoms. The minimum absolute atomic E-state index is 0.0897. The molecule has 0 aliphatic heterocycles. The Morgan fingerprint density at radius 3 is 2.61 bits per heavy atom. The number of aromatic carboxylic acids is 1. The zero-order chi connectivity index (χ0) is 16.6. The fourth-order valence-electron chi connectivity index (χ4n) is 2.18. The number of benzene rings is 1. The molecule has 0 saturated carbocycles. The number of carboxylic acid groups (broad SMARTS) is 1. The molecule has 0 saturated heterocycles. The van der Waals surface area contributed by atoms with E-state index < -0.39 is 11.8 Å². The van der Waals surface area contributed by atoms with Crippen LogP contribution in [0.2, 0.25) is 0 Å². The third kappa shape index (κ3) is 2.68. The summed E-state index contributed by atoms with van der Waals surface area (Å²) in [6.07, 6.45) is 2.73. The number of imidazole rings is 1. The summed E-state index contributed by atoms with van der Waals surface area (Å²) >= 11 is 0. The van der Waals surface area contributed by atoms with Crippen LogP contribution in [-0.2, 0) is 0 Å². The van der Waals surface area contributed by atoms with E-state index >= 15 is 0 Å². The van der Waals surface area contributed by atoms with Crippen LogP contribution in [-0.4, -0.2) is 30.6 Å². The number of rotatable bonds is 3. The summed E-state index contributed by atoms with van der Waals surface area (Å²) < 4.78 is 15.5. The molecule has 0 radical (unpaired) electrons. The van der Waals surface area contributed by atoms with Crippen molar-refractivity contribution in [1.82, 2.24) is 19.5 Å². The average Bonchev–Trinajstić information content (AvgIpc) is 3.00. The number of hydrogen-bond donors (Lipinski definition) is 1. The highest BCUT2D eigenvalue weighted by atomic mass is 19.1. The number of halogens is 1. The van der Waals surface area contributed by atoms with Crippen LogP contribution in [0.3, 0.4) is 0 Å². The molecule has 0 aliphatic rings. The van der Waals surface area contributed by atoms with E-state index in [-0.39, 0.29) is 17.1 Å². The van der Waals surface area contributed by atoms with Gasteiger partial charge in [0.15, 0.2) is 11.5 Å². The van der Waals surface area contributed by atoms with Crippen molar-refractivity contribution in [3.8, 4) is 17.2 Å². The van der Waals surface area contributed by atoms with Gasteiger partial charge >= 0.3 is 5.97 Å². The van der Waals surface area contributed by atoms with Crippen molar-refractivity contribution in [3.63, 3.8) is 0 Å².